The van der Waals surface area contributed by atoms with Gasteiger partial charge in [0.2, 0.25) is 17.6 Å². The van der Waals surface area contributed by atoms with E-state index in [-0.39, 0.29) is 30.2 Å². The average molecular weight is 390 g/mol. The molecule has 2 fully saturated rings. The molecule has 1 saturated heterocycles. The number of rotatable bonds is 6. The molecule has 1 atom stereocenters. The van der Waals surface area contributed by atoms with Crippen molar-refractivity contribution in [2.24, 2.45) is 5.92 Å². The molecule has 3 rings (SSSR count). The predicted molar refractivity (Wildman–Crippen MR) is 106 cm³/mol. The van der Waals surface area contributed by atoms with Gasteiger partial charge in [0.1, 0.15) is 0 Å². The molecule has 1 N–H and O–H groups in total. The molecule has 0 bridgehead atoms. The van der Waals surface area contributed by atoms with E-state index in [0.29, 0.717) is 29.5 Å². The highest BCUT2D eigenvalue weighted by Gasteiger charge is 2.36. The van der Waals surface area contributed by atoms with Gasteiger partial charge >= 0.3 is 0 Å². The summed E-state index contributed by atoms with van der Waals surface area (Å²) < 4.78 is 16.1. The van der Waals surface area contributed by atoms with Gasteiger partial charge in [0.25, 0.3) is 0 Å². The van der Waals surface area contributed by atoms with Crippen molar-refractivity contribution in [2.45, 2.75) is 51.0 Å². The Morgan fingerprint density at radius 2 is 1.61 bits per heavy atom. The van der Waals surface area contributed by atoms with Crippen LogP contribution in [0.15, 0.2) is 12.1 Å². The number of hydrogen-bond donors (Lipinski definition) is 1. The molecule has 0 spiro atoms. The second-order valence-electron chi connectivity index (χ2n) is 7.49. The Morgan fingerprint density at radius 1 is 1.00 bits per heavy atom. The molecule has 1 aliphatic carbocycles. The molecule has 154 valence electrons. The number of nitrogens with zero attached hydrogens (tertiary/aromatic N) is 1. The molecule has 1 heterocycles. The van der Waals surface area contributed by atoms with Crippen LogP contribution in [0.3, 0.4) is 0 Å². The average Bonchev–Trinajstić information content (AvgIpc) is 2.92. The van der Waals surface area contributed by atoms with Gasteiger partial charge in [0.05, 0.1) is 32.9 Å². The van der Waals surface area contributed by atoms with Crippen molar-refractivity contribution in [2.75, 3.05) is 32.8 Å². The Balaban J connectivity index is 1.72. The normalized spacial score (nSPS) is 20.6. The summed E-state index contributed by atoms with van der Waals surface area (Å²) in [5.41, 5.74) is 0.643. The Morgan fingerprint density at radius 3 is 2.14 bits per heavy atom. The molecule has 1 aromatic rings. The van der Waals surface area contributed by atoms with Crippen molar-refractivity contribution < 1.29 is 23.8 Å². The van der Waals surface area contributed by atoms with E-state index in [2.05, 4.69) is 5.32 Å². The van der Waals surface area contributed by atoms with Gasteiger partial charge in [-0.05, 0) is 12.8 Å². The molecule has 28 heavy (non-hydrogen) atoms. The molecule has 1 unspecified atom stereocenters. The van der Waals surface area contributed by atoms with Gasteiger partial charge in [-0.3, -0.25) is 9.59 Å². The van der Waals surface area contributed by atoms with E-state index in [1.807, 2.05) is 0 Å². The van der Waals surface area contributed by atoms with Crippen LogP contribution in [0.2, 0.25) is 0 Å². The predicted octanol–water partition coefficient (Wildman–Crippen LogP) is 2.90. The molecule has 1 aromatic carbocycles. The number of methoxy groups -OCH3 is 3. The summed E-state index contributed by atoms with van der Waals surface area (Å²) in [4.78, 5) is 27.0. The third-order valence-corrected chi connectivity index (χ3v) is 5.66. The van der Waals surface area contributed by atoms with E-state index in [1.54, 1.807) is 17.0 Å². The Labute approximate surface area is 166 Å². The van der Waals surface area contributed by atoms with Crippen molar-refractivity contribution in [3.8, 4) is 17.2 Å². The summed E-state index contributed by atoms with van der Waals surface area (Å²) in [7, 11) is 4.61. The zero-order valence-corrected chi connectivity index (χ0v) is 17.0. The maximum Gasteiger partial charge on any atom is 0.227 e. The van der Waals surface area contributed by atoms with Crippen LogP contribution in [0.4, 0.5) is 5.69 Å². The molecular formula is C21H30N2O5. The minimum absolute atomic E-state index is 0.0183. The number of carbonyl (C=O) groups is 2. The number of amides is 2. The van der Waals surface area contributed by atoms with Gasteiger partial charge < -0.3 is 24.4 Å². The van der Waals surface area contributed by atoms with Crippen molar-refractivity contribution in [3.05, 3.63) is 12.1 Å². The van der Waals surface area contributed by atoms with Crippen LogP contribution < -0.4 is 24.4 Å². The first kappa shape index (κ1) is 20.3. The summed E-state index contributed by atoms with van der Waals surface area (Å²) in [6, 6.07) is 3.72. The fourth-order valence-corrected chi connectivity index (χ4v) is 4.10. The third kappa shape index (κ3) is 4.34. The van der Waals surface area contributed by atoms with E-state index in [4.69, 9.17) is 14.2 Å². The van der Waals surface area contributed by atoms with Crippen molar-refractivity contribution in [1.29, 1.82) is 0 Å². The van der Waals surface area contributed by atoms with Gasteiger partial charge in [0.15, 0.2) is 11.5 Å². The fraction of sp³-hybridized carbons (Fsp3) is 0.619. The van der Waals surface area contributed by atoms with E-state index in [1.165, 1.54) is 34.2 Å². The lowest BCUT2D eigenvalue weighted by Crippen LogP contribution is -2.39. The van der Waals surface area contributed by atoms with Gasteiger partial charge in [-0.2, -0.15) is 0 Å². The van der Waals surface area contributed by atoms with E-state index >= 15 is 0 Å². The second-order valence-corrected chi connectivity index (χ2v) is 7.49. The van der Waals surface area contributed by atoms with Gasteiger partial charge in [-0.15, -0.1) is 0 Å². The SMILES string of the molecule is COc1cc(N2CC(C(=O)NC3CCCCCC3)CC2=O)cc(OC)c1OC. The van der Waals surface area contributed by atoms with E-state index in [9.17, 15) is 9.59 Å². The van der Waals surface area contributed by atoms with Gasteiger partial charge in [-0.25, -0.2) is 0 Å². The Kier molecular flexibility index (Phi) is 6.65. The highest BCUT2D eigenvalue weighted by Crippen LogP contribution is 2.42. The molecule has 0 aromatic heterocycles. The standard InChI is InChI=1S/C21H30N2O5/c1-26-17-11-16(12-18(27-2)20(17)28-3)23-13-14(10-19(23)24)21(25)22-15-8-6-4-5-7-9-15/h11-12,14-15H,4-10,13H2,1-3H3,(H,22,25). The summed E-state index contributed by atoms with van der Waals surface area (Å²) in [6.07, 6.45) is 7.08. The smallest absolute Gasteiger partial charge is 0.227 e. The summed E-state index contributed by atoms with van der Waals surface area (Å²) in [6.45, 7) is 0.357. The molecule has 0 radical (unpaired) electrons. The van der Waals surface area contributed by atoms with Crippen LogP contribution >= 0.6 is 0 Å². The fourth-order valence-electron chi connectivity index (χ4n) is 4.10. The maximum atomic E-state index is 12.7. The lowest BCUT2D eigenvalue weighted by molar-refractivity contribution is -0.127. The van der Waals surface area contributed by atoms with Crippen LogP contribution in [0.5, 0.6) is 17.2 Å². The first-order valence-electron chi connectivity index (χ1n) is 9.98. The molecule has 2 amide bonds. The van der Waals surface area contributed by atoms with E-state index in [0.717, 1.165) is 25.7 Å². The zero-order valence-electron chi connectivity index (χ0n) is 17.0. The zero-order chi connectivity index (χ0) is 20.1. The van der Waals surface area contributed by atoms with Crippen molar-refractivity contribution >= 4 is 17.5 Å². The number of ether oxygens (including phenoxy) is 3. The maximum absolute atomic E-state index is 12.7. The lowest BCUT2D eigenvalue weighted by atomic mass is 10.0. The van der Waals surface area contributed by atoms with Gasteiger partial charge in [0, 0.05) is 31.1 Å². The quantitative estimate of drug-likeness (QED) is 0.756. The third-order valence-electron chi connectivity index (χ3n) is 5.66. The van der Waals surface area contributed by atoms with Crippen LogP contribution in [-0.4, -0.2) is 45.7 Å². The largest absolute Gasteiger partial charge is 0.493 e. The second kappa shape index (κ2) is 9.17. The molecule has 1 aliphatic heterocycles. The van der Waals surface area contributed by atoms with Crippen LogP contribution in [0.25, 0.3) is 0 Å². The van der Waals surface area contributed by atoms with Crippen molar-refractivity contribution in [3.63, 3.8) is 0 Å². The number of carbonyl (C=O) groups excluding carboxylic acids is 2. The highest BCUT2D eigenvalue weighted by molar-refractivity contribution is 6.00. The first-order valence-corrected chi connectivity index (χ1v) is 9.98. The van der Waals surface area contributed by atoms with Crippen LogP contribution in [0.1, 0.15) is 44.9 Å². The summed E-state index contributed by atoms with van der Waals surface area (Å²) >= 11 is 0. The summed E-state index contributed by atoms with van der Waals surface area (Å²) in [5.74, 6) is 1.01. The van der Waals surface area contributed by atoms with Gasteiger partial charge in [-0.1, -0.05) is 25.7 Å². The molecule has 7 nitrogen and oxygen atoms in total. The Bertz CT molecular complexity index is 688. The molecule has 7 heteroatoms. The monoisotopic (exact) mass is 390 g/mol. The summed E-state index contributed by atoms with van der Waals surface area (Å²) in [5, 5.41) is 3.17. The lowest BCUT2D eigenvalue weighted by Gasteiger charge is -2.21. The van der Waals surface area contributed by atoms with Crippen molar-refractivity contribution in [1.82, 2.24) is 5.32 Å². The number of anilines is 1. The van der Waals surface area contributed by atoms with Crippen LogP contribution in [0, 0.1) is 5.92 Å². The topological polar surface area (TPSA) is 77.1 Å². The Hall–Kier alpha value is -2.44. The molecular weight excluding hydrogens is 360 g/mol. The van der Waals surface area contributed by atoms with Crippen LogP contribution in [-0.2, 0) is 9.59 Å². The first-order chi connectivity index (χ1) is 13.6. The minimum atomic E-state index is -0.338. The number of benzene rings is 1. The highest BCUT2D eigenvalue weighted by atomic mass is 16.5. The minimum Gasteiger partial charge on any atom is -0.493 e. The molecule has 2 aliphatic rings. The number of hydrogen-bond acceptors (Lipinski definition) is 5. The van der Waals surface area contributed by atoms with E-state index < -0.39 is 0 Å². The number of nitrogens with one attached hydrogen (secondary N) is 1. The molecule has 1 saturated carbocycles.